The van der Waals surface area contributed by atoms with Gasteiger partial charge in [-0.1, -0.05) is 48.9 Å². The van der Waals surface area contributed by atoms with E-state index in [0.29, 0.717) is 23.1 Å². The number of carbonyl (C=O) groups excluding carboxylic acids is 1. The first-order valence-corrected chi connectivity index (χ1v) is 10.0. The molecule has 0 saturated carbocycles. The largest absolute Gasteiger partial charge is 0.465 e. The molecule has 2 aromatic rings. The number of carbonyl (C=O) groups is 1. The highest BCUT2D eigenvalue weighted by molar-refractivity contribution is 7.18. The van der Waals surface area contributed by atoms with Gasteiger partial charge in [0.15, 0.2) is 21.0 Å². The van der Waals surface area contributed by atoms with Crippen molar-refractivity contribution in [3.63, 3.8) is 0 Å². The fraction of sp³-hybridized carbons (Fsp3) is 0.647. The zero-order valence-corrected chi connectivity index (χ0v) is 17.6. The van der Waals surface area contributed by atoms with Gasteiger partial charge in [0, 0.05) is 31.6 Å². The van der Waals surface area contributed by atoms with E-state index in [4.69, 9.17) is 20.9 Å². The summed E-state index contributed by atoms with van der Waals surface area (Å²) in [4.78, 5) is 25.4. The molecule has 2 aromatic heterocycles. The van der Waals surface area contributed by atoms with Crippen LogP contribution in [0.2, 0.25) is 5.15 Å². The number of aromatic nitrogens is 3. The van der Waals surface area contributed by atoms with Crippen molar-refractivity contribution < 1.29 is 14.1 Å². The zero-order valence-electron chi connectivity index (χ0n) is 16.0. The SMILES string of the molecule is COC(=O)c1sc(N2CCCN(Cc3noc(C(C)(C)C)n3)CC2)nc1Cl. The molecule has 148 valence electrons. The molecule has 3 heterocycles. The van der Waals surface area contributed by atoms with Crippen molar-refractivity contribution in [2.75, 3.05) is 38.2 Å². The number of halogens is 1. The molecule has 8 nitrogen and oxygen atoms in total. The number of methoxy groups -OCH3 is 1. The molecule has 0 amide bonds. The number of hydrogen-bond donors (Lipinski definition) is 0. The molecule has 3 rings (SSSR count). The third-order valence-electron chi connectivity index (χ3n) is 4.28. The van der Waals surface area contributed by atoms with E-state index in [1.807, 2.05) is 0 Å². The van der Waals surface area contributed by atoms with Gasteiger partial charge in [0.25, 0.3) is 0 Å². The predicted molar refractivity (Wildman–Crippen MR) is 104 cm³/mol. The van der Waals surface area contributed by atoms with Crippen molar-refractivity contribution in [2.24, 2.45) is 0 Å². The minimum Gasteiger partial charge on any atom is -0.465 e. The first-order chi connectivity index (χ1) is 12.8. The first kappa shape index (κ1) is 20.0. The summed E-state index contributed by atoms with van der Waals surface area (Å²) in [6.45, 7) is 10.2. The highest BCUT2D eigenvalue weighted by atomic mass is 35.5. The minimum atomic E-state index is -0.452. The average molecular weight is 414 g/mol. The molecule has 0 radical (unpaired) electrons. The van der Waals surface area contributed by atoms with Crippen LogP contribution in [0.5, 0.6) is 0 Å². The molecule has 0 spiro atoms. The highest BCUT2D eigenvalue weighted by Gasteiger charge is 2.25. The van der Waals surface area contributed by atoms with Gasteiger partial charge in [-0.3, -0.25) is 4.90 Å². The summed E-state index contributed by atoms with van der Waals surface area (Å²) in [6.07, 6.45) is 0.967. The number of nitrogens with zero attached hydrogens (tertiary/aromatic N) is 5. The summed E-state index contributed by atoms with van der Waals surface area (Å²) >= 11 is 7.36. The van der Waals surface area contributed by atoms with E-state index in [2.05, 4.69) is 45.7 Å². The van der Waals surface area contributed by atoms with Crippen LogP contribution in [-0.4, -0.2) is 59.3 Å². The van der Waals surface area contributed by atoms with Crippen LogP contribution >= 0.6 is 22.9 Å². The Morgan fingerprint density at radius 1 is 1.26 bits per heavy atom. The molecule has 10 heteroatoms. The summed E-state index contributed by atoms with van der Waals surface area (Å²) in [5.74, 6) is 0.910. The fourth-order valence-electron chi connectivity index (χ4n) is 2.79. The maximum Gasteiger partial charge on any atom is 0.351 e. The molecule has 1 aliphatic heterocycles. The maximum absolute atomic E-state index is 11.7. The van der Waals surface area contributed by atoms with E-state index in [-0.39, 0.29) is 10.6 Å². The summed E-state index contributed by atoms with van der Waals surface area (Å²) in [5, 5.41) is 5.05. The number of thiazole rings is 1. The second-order valence-corrected chi connectivity index (χ2v) is 8.83. The summed E-state index contributed by atoms with van der Waals surface area (Å²) in [7, 11) is 1.34. The lowest BCUT2D eigenvalue weighted by atomic mass is 9.97. The Kier molecular flexibility index (Phi) is 6.02. The van der Waals surface area contributed by atoms with Gasteiger partial charge in [0.1, 0.15) is 0 Å². The van der Waals surface area contributed by atoms with Gasteiger partial charge in [-0.15, -0.1) is 0 Å². The molecule has 1 aliphatic rings. The standard InChI is InChI=1S/C17H24ClN5O3S/c1-17(2,3)15-19-11(21-26-15)10-22-6-5-7-23(9-8-22)16-20-13(18)12(27-16)14(24)25-4/h5-10H2,1-4H3. The van der Waals surface area contributed by atoms with Crippen LogP contribution in [0.25, 0.3) is 0 Å². The fourth-order valence-corrected chi connectivity index (χ4v) is 4.04. The molecule has 0 atom stereocenters. The van der Waals surface area contributed by atoms with Gasteiger partial charge in [-0.05, 0) is 6.42 Å². The lowest BCUT2D eigenvalue weighted by Crippen LogP contribution is -2.30. The van der Waals surface area contributed by atoms with Gasteiger partial charge in [-0.2, -0.15) is 4.98 Å². The van der Waals surface area contributed by atoms with E-state index >= 15 is 0 Å². The Morgan fingerprint density at radius 3 is 2.70 bits per heavy atom. The van der Waals surface area contributed by atoms with Crippen LogP contribution in [-0.2, 0) is 16.7 Å². The molecule has 0 aromatic carbocycles. The molecular weight excluding hydrogens is 390 g/mol. The van der Waals surface area contributed by atoms with Gasteiger partial charge >= 0.3 is 5.97 Å². The zero-order chi connectivity index (χ0) is 19.6. The Bertz CT molecular complexity index is 801. The van der Waals surface area contributed by atoms with Crippen molar-refractivity contribution in [2.45, 2.75) is 39.2 Å². The van der Waals surface area contributed by atoms with Crippen molar-refractivity contribution >= 4 is 34.0 Å². The normalized spacial score (nSPS) is 16.4. The number of anilines is 1. The Hall–Kier alpha value is -1.71. The third-order valence-corrected chi connectivity index (χ3v) is 5.76. The molecule has 1 fully saturated rings. The van der Waals surface area contributed by atoms with Crippen LogP contribution in [0, 0.1) is 0 Å². The summed E-state index contributed by atoms with van der Waals surface area (Å²) in [6, 6.07) is 0. The molecule has 0 bridgehead atoms. The van der Waals surface area contributed by atoms with E-state index in [1.54, 1.807) is 0 Å². The second-order valence-electron chi connectivity index (χ2n) is 7.49. The van der Waals surface area contributed by atoms with Crippen LogP contribution in [0.1, 0.15) is 48.6 Å². The van der Waals surface area contributed by atoms with Crippen molar-refractivity contribution in [3.05, 3.63) is 21.7 Å². The lowest BCUT2D eigenvalue weighted by molar-refractivity contribution is 0.0606. The maximum atomic E-state index is 11.7. The molecule has 1 saturated heterocycles. The van der Waals surface area contributed by atoms with E-state index in [0.717, 1.165) is 37.7 Å². The van der Waals surface area contributed by atoms with Gasteiger partial charge in [0.05, 0.1) is 13.7 Å². The number of hydrogen-bond acceptors (Lipinski definition) is 9. The topological polar surface area (TPSA) is 84.6 Å². The van der Waals surface area contributed by atoms with Crippen molar-refractivity contribution in [1.82, 2.24) is 20.0 Å². The highest BCUT2D eigenvalue weighted by Crippen LogP contribution is 2.31. The van der Waals surface area contributed by atoms with E-state index < -0.39 is 5.97 Å². The number of esters is 1. The van der Waals surface area contributed by atoms with Crippen LogP contribution < -0.4 is 4.90 Å². The first-order valence-electron chi connectivity index (χ1n) is 8.83. The van der Waals surface area contributed by atoms with E-state index in [1.165, 1.54) is 18.4 Å². The predicted octanol–water partition coefficient (Wildman–Crippen LogP) is 2.98. The van der Waals surface area contributed by atoms with Crippen LogP contribution in [0.4, 0.5) is 5.13 Å². The van der Waals surface area contributed by atoms with Gasteiger partial charge in [0.2, 0.25) is 5.89 Å². The monoisotopic (exact) mass is 413 g/mol. The Labute approximate surface area is 167 Å². The van der Waals surface area contributed by atoms with Crippen molar-refractivity contribution in [3.8, 4) is 0 Å². The van der Waals surface area contributed by atoms with Crippen LogP contribution in [0.3, 0.4) is 0 Å². The Morgan fingerprint density at radius 2 is 2.04 bits per heavy atom. The number of ether oxygens (including phenoxy) is 1. The molecule has 27 heavy (non-hydrogen) atoms. The summed E-state index contributed by atoms with van der Waals surface area (Å²) < 4.78 is 10.1. The van der Waals surface area contributed by atoms with Crippen molar-refractivity contribution in [1.29, 1.82) is 0 Å². The molecular formula is C17H24ClN5O3S. The lowest BCUT2D eigenvalue weighted by Gasteiger charge is -2.20. The smallest absolute Gasteiger partial charge is 0.351 e. The molecule has 0 N–H and O–H groups in total. The van der Waals surface area contributed by atoms with Gasteiger partial charge in [-0.25, -0.2) is 9.78 Å². The molecule has 0 unspecified atom stereocenters. The molecule has 0 aliphatic carbocycles. The summed E-state index contributed by atoms with van der Waals surface area (Å²) in [5.41, 5.74) is -0.151. The third kappa shape index (κ3) is 4.77. The van der Waals surface area contributed by atoms with E-state index in [9.17, 15) is 4.79 Å². The quantitative estimate of drug-likeness (QED) is 0.707. The second kappa shape index (κ2) is 8.12. The van der Waals surface area contributed by atoms with Crippen LogP contribution in [0.15, 0.2) is 4.52 Å². The number of rotatable bonds is 4. The minimum absolute atomic E-state index is 0.151. The average Bonchev–Trinajstić information content (AvgIpc) is 3.16. The van der Waals surface area contributed by atoms with Gasteiger partial charge < -0.3 is 14.2 Å². The Balaban J connectivity index is 1.62.